The average Bonchev–Trinajstić information content (AvgIpc) is 2.50. The van der Waals surface area contributed by atoms with Crippen LogP contribution in [-0.2, 0) is 13.0 Å². The molecule has 0 fully saturated rings. The van der Waals surface area contributed by atoms with Crippen molar-refractivity contribution in [3.63, 3.8) is 0 Å². The second-order valence-corrected chi connectivity index (χ2v) is 5.48. The quantitative estimate of drug-likeness (QED) is 0.784. The van der Waals surface area contributed by atoms with E-state index < -0.39 is 0 Å². The summed E-state index contributed by atoms with van der Waals surface area (Å²) in [4.78, 5) is 0. The van der Waals surface area contributed by atoms with Crippen LogP contribution in [0.5, 0.6) is 11.5 Å². The standard InChI is InChI=1S/C19H25NO/c1-4-5-6-16-9-11-18(12-10-16)21-19-13-17(14-20-3)8-7-15(19)2/h7-13,20H,4-6,14H2,1-3H3. The molecule has 0 aliphatic carbocycles. The lowest BCUT2D eigenvalue weighted by Crippen LogP contribution is -2.05. The second kappa shape index (κ2) is 7.84. The Morgan fingerprint density at radius 1 is 1.00 bits per heavy atom. The van der Waals surface area contributed by atoms with Crippen LogP contribution < -0.4 is 10.1 Å². The highest BCUT2D eigenvalue weighted by molar-refractivity contribution is 5.40. The van der Waals surface area contributed by atoms with Crippen molar-refractivity contribution in [2.75, 3.05) is 7.05 Å². The van der Waals surface area contributed by atoms with Gasteiger partial charge in [0, 0.05) is 6.54 Å². The number of hydrogen-bond acceptors (Lipinski definition) is 2. The van der Waals surface area contributed by atoms with E-state index in [4.69, 9.17) is 4.74 Å². The molecule has 0 aromatic heterocycles. The molecule has 0 saturated heterocycles. The van der Waals surface area contributed by atoms with Crippen molar-refractivity contribution in [2.45, 2.75) is 39.7 Å². The number of nitrogens with one attached hydrogen (secondary N) is 1. The maximum atomic E-state index is 6.03. The summed E-state index contributed by atoms with van der Waals surface area (Å²) in [6.07, 6.45) is 3.62. The van der Waals surface area contributed by atoms with Gasteiger partial charge in [0.05, 0.1) is 0 Å². The Bertz CT molecular complexity index is 560. The minimum Gasteiger partial charge on any atom is -0.457 e. The molecule has 0 spiro atoms. The van der Waals surface area contributed by atoms with Crippen LogP contribution in [-0.4, -0.2) is 7.05 Å². The lowest BCUT2D eigenvalue weighted by Gasteiger charge is -2.11. The highest BCUT2D eigenvalue weighted by Gasteiger charge is 2.03. The van der Waals surface area contributed by atoms with Crippen molar-refractivity contribution in [2.24, 2.45) is 0 Å². The minimum absolute atomic E-state index is 0.854. The Hall–Kier alpha value is -1.80. The van der Waals surface area contributed by atoms with Crippen LogP contribution >= 0.6 is 0 Å². The molecule has 112 valence electrons. The Morgan fingerprint density at radius 2 is 1.71 bits per heavy atom. The van der Waals surface area contributed by atoms with E-state index in [1.807, 2.05) is 7.05 Å². The van der Waals surface area contributed by atoms with E-state index in [9.17, 15) is 0 Å². The third-order valence-electron chi connectivity index (χ3n) is 3.60. The molecule has 0 amide bonds. The van der Waals surface area contributed by atoms with Crippen LogP contribution in [0, 0.1) is 6.92 Å². The number of benzene rings is 2. The van der Waals surface area contributed by atoms with Crippen LogP contribution in [0.4, 0.5) is 0 Å². The SMILES string of the molecule is CCCCc1ccc(Oc2cc(CNC)ccc2C)cc1. The van der Waals surface area contributed by atoms with Crippen molar-refractivity contribution in [1.82, 2.24) is 5.32 Å². The zero-order valence-electron chi connectivity index (χ0n) is 13.3. The summed E-state index contributed by atoms with van der Waals surface area (Å²) in [6, 6.07) is 14.8. The summed E-state index contributed by atoms with van der Waals surface area (Å²) >= 11 is 0. The van der Waals surface area contributed by atoms with Crippen molar-refractivity contribution in [1.29, 1.82) is 0 Å². The summed E-state index contributed by atoms with van der Waals surface area (Å²) in [5.74, 6) is 1.84. The number of ether oxygens (including phenoxy) is 1. The zero-order chi connectivity index (χ0) is 15.1. The molecule has 0 aliphatic heterocycles. The van der Waals surface area contributed by atoms with Gasteiger partial charge in [-0.2, -0.15) is 0 Å². The first-order valence-electron chi connectivity index (χ1n) is 7.74. The largest absolute Gasteiger partial charge is 0.457 e. The van der Waals surface area contributed by atoms with E-state index in [1.165, 1.54) is 24.0 Å². The first kappa shape index (κ1) is 15.6. The van der Waals surface area contributed by atoms with E-state index in [-0.39, 0.29) is 0 Å². The van der Waals surface area contributed by atoms with Crippen molar-refractivity contribution >= 4 is 0 Å². The highest BCUT2D eigenvalue weighted by Crippen LogP contribution is 2.26. The van der Waals surface area contributed by atoms with Crippen LogP contribution in [0.2, 0.25) is 0 Å². The van der Waals surface area contributed by atoms with Crippen molar-refractivity contribution < 1.29 is 4.74 Å². The van der Waals surface area contributed by atoms with Crippen LogP contribution in [0.3, 0.4) is 0 Å². The van der Waals surface area contributed by atoms with E-state index in [1.54, 1.807) is 0 Å². The van der Waals surface area contributed by atoms with Gasteiger partial charge in [-0.1, -0.05) is 37.6 Å². The minimum atomic E-state index is 0.854. The number of unbranched alkanes of at least 4 members (excludes halogenated alkanes) is 1. The fraction of sp³-hybridized carbons (Fsp3) is 0.368. The lowest BCUT2D eigenvalue weighted by molar-refractivity contribution is 0.477. The molecule has 1 N–H and O–H groups in total. The van der Waals surface area contributed by atoms with Gasteiger partial charge in [0.25, 0.3) is 0 Å². The topological polar surface area (TPSA) is 21.3 Å². The predicted molar refractivity (Wildman–Crippen MR) is 89.1 cm³/mol. The van der Waals surface area contributed by atoms with Gasteiger partial charge in [-0.15, -0.1) is 0 Å². The molecule has 2 aromatic carbocycles. The average molecular weight is 283 g/mol. The molecule has 0 heterocycles. The van der Waals surface area contributed by atoms with Gasteiger partial charge in [0.15, 0.2) is 0 Å². The molecule has 0 saturated carbocycles. The summed E-state index contributed by atoms with van der Waals surface area (Å²) in [7, 11) is 1.95. The molecule has 0 unspecified atom stereocenters. The first-order valence-corrected chi connectivity index (χ1v) is 7.74. The van der Waals surface area contributed by atoms with Crippen LogP contribution in [0.1, 0.15) is 36.5 Å². The fourth-order valence-corrected chi connectivity index (χ4v) is 2.30. The van der Waals surface area contributed by atoms with Crippen molar-refractivity contribution in [3.8, 4) is 11.5 Å². The van der Waals surface area contributed by atoms with Crippen molar-refractivity contribution in [3.05, 3.63) is 59.2 Å². The van der Waals surface area contributed by atoms with E-state index in [0.717, 1.165) is 30.0 Å². The molecular formula is C19H25NO. The molecule has 0 radical (unpaired) electrons. The molecular weight excluding hydrogens is 258 g/mol. The maximum absolute atomic E-state index is 6.03. The third-order valence-corrected chi connectivity index (χ3v) is 3.60. The first-order chi connectivity index (χ1) is 10.2. The number of hydrogen-bond donors (Lipinski definition) is 1. The Morgan fingerprint density at radius 3 is 2.38 bits per heavy atom. The van der Waals surface area contributed by atoms with Crippen LogP contribution in [0.15, 0.2) is 42.5 Å². The lowest BCUT2D eigenvalue weighted by atomic mass is 10.1. The Kier molecular flexibility index (Phi) is 5.82. The third kappa shape index (κ3) is 4.61. The predicted octanol–water partition coefficient (Wildman–Crippen LogP) is 4.85. The zero-order valence-corrected chi connectivity index (χ0v) is 13.3. The van der Waals surface area contributed by atoms with Gasteiger partial charge in [0.2, 0.25) is 0 Å². The summed E-state index contributed by atoms with van der Waals surface area (Å²) in [5.41, 5.74) is 3.77. The van der Waals surface area contributed by atoms with Gasteiger partial charge >= 0.3 is 0 Å². The summed E-state index contributed by atoms with van der Waals surface area (Å²) in [6.45, 7) is 5.15. The molecule has 21 heavy (non-hydrogen) atoms. The van der Waals surface area contributed by atoms with Gasteiger partial charge in [-0.25, -0.2) is 0 Å². The maximum Gasteiger partial charge on any atom is 0.130 e. The highest BCUT2D eigenvalue weighted by atomic mass is 16.5. The number of rotatable bonds is 7. The Labute approximate surface area is 128 Å². The molecule has 0 bridgehead atoms. The van der Waals surface area contributed by atoms with Gasteiger partial charge in [-0.3, -0.25) is 0 Å². The fourth-order valence-electron chi connectivity index (χ4n) is 2.30. The number of aryl methyl sites for hydroxylation is 2. The molecule has 0 aliphatic rings. The summed E-state index contributed by atoms with van der Waals surface area (Å²) < 4.78 is 6.03. The molecule has 2 nitrogen and oxygen atoms in total. The second-order valence-electron chi connectivity index (χ2n) is 5.48. The molecule has 2 heteroatoms. The van der Waals surface area contributed by atoms with Crippen LogP contribution in [0.25, 0.3) is 0 Å². The smallest absolute Gasteiger partial charge is 0.130 e. The Balaban J connectivity index is 2.08. The van der Waals surface area contributed by atoms with Gasteiger partial charge in [-0.05, 0) is 61.7 Å². The molecule has 2 aromatic rings. The molecule has 0 atom stereocenters. The normalized spacial score (nSPS) is 10.6. The van der Waals surface area contributed by atoms with E-state index in [0.29, 0.717) is 0 Å². The van der Waals surface area contributed by atoms with E-state index >= 15 is 0 Å². The van der Waals surface area contributed by atoms with E-state index in [2.05, 4.69) is 61.6 Å². The molecule has 2 rings (SSSR count). The van der Waals surface area contributed by atoms with Gasteiger partial charge < -0.3 is 10.1 Å². The monoisotopic (exact) mass is 283 g/mol. The summed E-state index contributed by atoms with van der Waals surface area (Å²) in [5, 5.41) is 3.17. The van der Waals surface area contributed by atoms with Gasteiger partial charge in [0.1, 0.15) is 11.5 Å².